The van der Waals surface area contributed by atoms with Crippen LogP contribution in [0, 0.1) is 0 Å². The first-order valence-electron chi connectivity index (χ1n) is 6.83. The van der Waals surface area contributed by atoms with Crippen LogP contribution in [0.3, 0.4) is 0 Å². The Bertz CT molecular complexity index is 458. The first-order valence-corrected chi connectivity index (χ1v) is 6.83. The monoisotopic (exact) mass is 295 g/mol. The van der Waals surface area contributed by atoms with Gasteiger partial charge in [-0.25, -0.2) is 0 Å². The molecule has 1 amide bonds. The Kier molecular flexibility index (Phi) is 7.08. The molecule has 6 nitrogen and oxygen atoms in total. The van der Waals surface area contributed by atoms with Gasteiger partial charge in [-0.3, -0.25) is 9.59 Å². The van der Waals surface area contributed by atoms with Gasteiger partial charge in [0.25, 0.3) is 5.91 Å². The highest BCUT2D eigenvalue weighted by atomic mass is 16.5. The molecule has 1 atom stereocenters. The standard InChI is InChI=1S/C15H21NO5/c1-11(15(19)16-10-4-3-5-14(17)18)21-13-8-6-12(20-2)7-9-13/h6-9,11H,3-5,10H2,1-2H3,(H,16,19)(H,17,18). The second-order valence-corrected chi connectivity index (χ2v) is 4.58. The fourth-order valence-electron chi connectivity index (χ4n) is 1.67. The molecule has 0 heterocycles. The van der Waals surface area contributed by atoms with E-state index in [-0.39, 0.29) is 12.3 Å². The Morgan fingerprint density at radius 3 is 2.38 bits per heavy atom. The van der Waals surface area contributed by atoms with E-state index in [1.165, 1.54) is 0 Å². The van der Waals surface area contributed by atoms with E-state index in [2.05, 4.69) is 5.32 Å². The van der Waals surface area contributed by atoms with E-state index in [1.54, 1.807) is 38.3 Å². The van der Waals surface area contributed by atoms with E-state index >= 15 is 0 Å². The third kappa shape index (κ3) is 6.65. The number of amides is 1. The lowest BCUT2D eigenvalue weighted by Gasteiger charge is -2.14. The Hall–Kier alpha value is -2.24. The molecule has 1 aromatic carbocycles. The quantitative estimate of drug-likeness (QED) is 0.679. The van der Waals surface area contributed by atoms with Gasteiger partial charge < -0.3 is 19.9 Å². The van der Waals surface area contributed by atoms with Crippen LogP contribution in [0.4, 0.5) is 0 Å². The molecule has 0 aromatic heterocycles. The molecule has 0 saturated carbocycles. The van der Waals surface area contributed by atoms with Crippen molar-refractivity contribution in [3.63, 3.8) is 0 Å². The summed E-state index contributed by atoms with van der Waals surface area (Å²) in [5.41, 5.74) is 0. The highest BCUT2D eigenvalue weighted by Crippen LogP contribution is 2.18. The number of nitrogens with one attached hydrogen (secondary N) is 1. The Morgan fingerprint density at radius 1 is 1.19 bits per heavy atom. The minimum Gasteiger partial charge on any atom is -0.497 e. The van der Waals surface area contributed by atoms with Gasteiger partial charge >= 0.3 is 5.97 Å². The van der Waals surface area contributed by atoms with Crippen LogP contribution in [0.5, 0.6) is 11.5 Å². The Labute approximate surface area is 124 Å². The molecular formula is C15H21NO5. The summed E-state index contributed by atoms with van der Waals surface area (Å²) in [6, 6.07) is 6.97. The SMILES string of the molecule is COc1ccc(OC(C)C(=O)NCCCCC(=O)O)cc1. The van der Waals surface area contributed by atoms with Crippen molar-refractivity contribution in [2.45, 2.75) is 32.3 Å². The maximum Gasteiger partial charge on any atom is 0.303 e. The minimum absolute atomic E-state index is 0.119. The number of unbranched alkanes of at least 4 members (excludes halogenated alkanes) is 1. The molecule has 0 aliphatic heterocycles. The van der Waals surface area contributed by atoms with Gasteiger partial charge in [-0.05, 0) is 44.0 Å². The van der Waals surface area contributed by atoms with E-state index in [0.717, 1.165) is 5.75 Å². The highest BCUT2D eigenvalue weighted by Gasteiger charge is 2.13. The van der Waals surface area contributed by atoms with Crippen molar-refractivity contribution in [1.29, 1.82) is 0 Å². The predicted octanol–water partition coefficient (Wildman–Crippen LogP) is 1.83. The van der Waals surface area contributed by atoms with Crippen molar-refractivity contribution >= 4 is 11.9 Å². The Balaban J connectivity index is 2.28. The van der Waals surface area contributed by atoms with Crippen molar-refractivity contribution in [3.8, 4) is 11.5 Å². The van der Waals surface area contributed by atoms with Crippen molar-refractivity contribution in [1.82, 2.24) is 5.32 Å². The smallest absolute Gasteiger partial charge is 0.303 e. The highest BCUT2D eigenvalue weighted by molar-refractivity contribution is 5.80. The summed E-state index contributed by atoms with van der Waals surface area (Å²) in [6.07, 6.45) is 0.683. The maximum absolute atomic E-state index is 11.8. The number of aliphatic carboxylic acids is 1. The van der Waals surface area contributed by atoms with Gasteiger partial charge in [0.05, 0.1) is 7.11 Å². The van der Waals surface area contributed by atoms with E-state index in [9.17, 15) is 9.59 Å². The third-order valence-electron chi connectivity index (χ3n) is 2.86. The van der Waals surface area contributed by atoms with Crippen molar-refractivity contribution in [3.05, 3.63) is 24.3 Å². The van der Waals surface area contributed by atoms with E-state index in [0.29, 0.717) is 25.1 Å². The zero-order valence-electron chi connectivity index (χ0n) is 12.3. The Morgan fingerprint density at radius 2 is 1.81 bits per heavy atom. The number of carbonyl (C=O) groups is 2. The second kappa shape index (κ2) is 8.84. The fourth-order valence-corrected chi connectivity index (χ4v) is 1.67. The number of carboxylic acid groups (broad SMARTS) is 1. The van der Waals surface area contributed by atoms with Gasteiger partial charge in [0.1, 0.15) is 11.5 Å². The van der Waals surface area contributed by atoms with Crippen LogP contribution in [0.25, 0.3) is 0 Å². The van der Waals surface area contributed by atoms with Crippen molar-refractivity contribution in [2.24, 2.45) is 0 Å². The topological polar surface area (TPSA) is 84.9 Å². The van der Waals surface area contributed by atoms with Crippen LogP contribution in [-0.4, -0.2) is 36.7 Å². The molecule has 116 valence electrons. The molecule has 0 bridgehead atoms. The molecule has 0 fully saturated rings. The van der Waals surface area contributed by atoms with Crippen molar-refractivity contribution in [2.75, 3.05) is 13.7 Å². The lowest BCUT2D eigenvalue weighted by Crippen LogP contribution is -2.36. The summed E-state index contributed by atoms with van der Waals surface area (Å²) in [6.45, 7) is 2.11. The van der Waals surface area contributed by atoms with Gasteiger partial charge in [0, 0.05) is 13.0 Å². The van der Waals surface area contributed by atoms with E-state index in [1.807, 2.05) is 0 Å². The van der Waals surface area contributed by atoms with Gasteiger partial charge in [0.15, 0.2) is 6.10 Å². The number of carbonyl (C=O) groups excluding carboxylic acids is 1. The number of hydrogen-bond acceptors (Lipinski definition) is 4. The lowest BCUT2D eigenvalue weighted by atomic mass is 10.2. The molecule has 0 aliphatic carbocycles. The molecule has 6 heteroatoms. The first-order chi connectivity index (χ1) is 10.0. The number of hydrogen-bond donors (Lipinski definition) is 2. The molecule has 21 heavy (non-hydrogen) atoms. The zero-order valence-corrected chi connectivity index (χ0v) is 12.3. The number of methoxy groups -OCH3 is 1. The molecule has 0 saturated heterocycles. The number of carboxylic acids is 1. The maximum atomic E-state index is 11.8. The molecule has 0 spiro atoms. The average molecular weight is 295 g/mol. The first kappa shape index (κ1) is 16.8. The second-order valence-electron chi connectivity index (χ2n) is 4.58. The van der Waals surface area contributed by atoms with Crippen LogP contribution in [0.15, 0.2) is 24.3 Å². The molecule has 0 aliphatic rings. The van der Waals surface area contributed by atoms with Crippen LogP contribution in [0.2, 0.25) is 0 Å². The summed E-state index contributed by atoms with van der Waals surface area (Å²) in [7, 11) is 1.58. The number of rotatable bonds is 9. The van der Waals surface area contributed by atoms with Crippen LogP contribution in [0.1, 0.15) is 26.2 Å². The van der Waals surface area contributed by atoms with Gasteiger partial charge in [-0.1, -0.05) is 0 Å². The van der Waals surface area contributed by atoms with Gasteiger partial charge in [0.2, 0.25) is 0 Å². The van der Waals surface area contributed by atoms with E-state index < -0.39 is 12.1 Å². The summed E-state index contributed by atoms with van der Waals surface area (Å²) in [5.74, 6) is 0.265. The normalized spacial score (nSPS) is 11.5. The average Bonchev–Trinajstić information content (AvgIpc) is 2.47. The van der Waals surface area contributed by atoms with E-state index in [4.69, 9.17) is 14.6 Å². The van der Waals surface area contributed by atoms with Crippen LogP contribution in [-0.2, 0) is 9.59 Å². The summed E-state index contributed by atoms with van der Waals surface area (Å²) in [5, 5.41) is 11.2. The largest absolute Gasteiger partial charge is 0.497 e. The molecular weight excluding hydrogens is 274 g/mol. The number of benzene rings is 1. The zero-order chi connectivity index (χ0) is 15.7. The van der Waals surface area contributed by atoms with Crippen molar-refractivity contribution < 1.29 is 24.2 Å². The van der Waals surface area contributed by atoms with Crippen LogP contribution >= 0.6 is 0 Å². The van der Waals surface area contributed by atoms with Gasteiger partial charge in [-0.2, -0.15) is 0 Å². The number of ether oxygens (including phenoxy) is 2. The summed E-state index contributed by atoms with van der Waals surface area (Å²) < 4.78 is 10.5. The van der Waals surface area contributed by atoms with Gasteiger partial charge in [-0.15, -0.1) is 0 Å². The molecule has 1 unspecified atom stereocenters. The third-order valence-corrected chi connectivity index (χ3v) is 2.86. The fraction of sp³-hybridized carbons (Fsp3) is 0.467. The van der Waals surface area contributed by atoms with Crippen LogP contribution < -0.4 is 14.8 Å². The predicted molar refractivity (Wildman–Crippen MR) is 77.6 cm³/mol. The summed E-state index contributed by atoms with van der Waals surface area (Å²) in [4.78, 5) is 22.1. The lowest BCUT2D eigenvalue weighted by molar-refractivity contribution is -0.137. The molecule has 0 radical (unpaired) electrons. The molecule has 1 aromatic rings. The summed E-state index contributed by atoms with van der Waals surface area (Å²) >= 11 is 0. The molecule has 1 rings (SSSR count). The minimum atomic E-state index is -0.822. The molecule has 2 N–H and O–H groups in total.